The highest BCUT2D eigenvalue weighted by molar-refractivity contribution is 5.29. The third kappa shape index (κ3) is 3.51. The predicted octanol–water partition coefficient (Wildman–Crippen LogP) is 6.08. The van der Waals surface area contributed by atoms with E-state index in [9.17, 15) is 5.11 Å². The van der Waals surface area contributed by atoms with E-state index in [0.29, 0.717) is 29.1 Å². The van der Waals surface area contributed by atoms with Gasteiger partial charge in [-0.25, -0.2) is 0 Å². The van der Waals surface area contributed by atoms with Crippen LogP contribution in [0.3, 0.4) is 0 Å². The minimum Gasteiger partial charge on any atom is -0.396 e. The topological polar surface area (TPSA) is 93.5 Å². The lowest BCUT2D eigenvalue weighted by Gasteiger charge is -2.81. The molecule has 11 aliphatic rings. The van der Waals surface area contributed by atoms with Gasteiger partial charge in [-0.05, 0) is 174 Å². The fourth-order valence-electron chi connectivity index (χ4n) is 17.7. The number of piperidine rings is 1. The molecule has 2 spiro atoms. The Morgan fingerprint density at radius 1 is 0.773 bits per heavy atom. The standard InChI is InChI=1S/C39H63N3O2/c1-36(2)35-26-12-10-23(19-43)38(35,41)20-39(44-36)28-17-37(14-3-4-15-37)16-27-30(22-9-13-29(40)42-18-22)24-7-5-6-21-8-11-25(34(26)39)33(31(21)24)32(27)28/h21-35,42-43H,3-20,40-41H2,1-2H3. The molecule has 5 nitrogen and oxygen atoms in total. The zero-order valence-electron chi connectivity index (χ0n) is 27.9. The normalized spacial score (nSPS) is 60.9. The molecule has 246 valence electrons. The predicted molar refractivity (Wildman–Crippen MR) is 173 cm³/mol. The number of fused-ring (bicyclic) bond motifs is 1. The Morgan fingerprint density at radius 2 is 1.57 bits per heavy atom. The molecule has 44 heavy (non-hydrogen) atoms. The Labute approximate surface area is 267 Å². The van der Waals surface area contributed by atoms with Crippen LogP contribution in [0.2, 0.25) is 0 Å². The van der Waals surface area contributed by atoms with Gasteiger partial charge in [0.15, 0.2) is 0 Å². The van der Waals surface area contributed by atoms with Crippen LogP contribution in [-0.2, 0) is 4.74 Å². The molecule has 5 heteroatoms. The van der Waals surface area contributed by atoms with E-state index >= 15 is 0 Å². The van der Waals surface area contributed by atoms with E-state index in [1.165, 1.54) is 83.5 Å². The number of ether oxygens (including phenoxy) is 1. The summed E-state index contributed by atoms with van der Waals surface area (Å²) in [6, 6.07) is 0. The van der Waals surface area contributed by atoms with E-state index < -0.39 is 0 Å². The molecule has 0 radical (unpaired) electrons. The van der Waals surface area contributed by atoms with Gasteiger partial charge >= 0.3 is 0 Å². The highest BCUT2D eigenvalue weighted by Crippen LogP contribution is 2.79. The van der Waals surface area contributed by atoms with E-state index in [2.05, 4.69) is 19.2 Å². The van der Waals surface area contributed by atoms with Gasteiger partial charge in [-0.1, -0.05) is 25.7 Å². The summed E-state index contributed by atoms with van der Waals surface area (Å²) in [5.74, 6) is 10.7. The summed E-state index contributed by atoms with van der Waals surface area (Å²) in [6.07, 6.45) is 22.3. The Kier molecular flexibility index (Phi) is 6.20. The summed E-state index contributed by atoms with van der Waals surface area (Å²) in [6.45, 7) is 6.26. The van der Waals surface area contributed by atoms with Gasteiger partial charge in [0, 0.05) is 24.0 Å². The van der Waals surface area contributed by atoms with Gasteiger partial charge in [-0.2, -0.15) is 0 Å². The summed E-state index contributed by atoms with van der Waals surface area (Å²) in [5.41, 5.74) is 14.2. The molecule has 8 aliphatic carbocycles. The average Bonchev–Trinajstić information content (AvgIpc) is 3.44. The maximum Gasteiger partial charge on any atom is 0.0772 e. The van der Waals surface area contributed by atoms with Gasteiger partial charge in [-0.15, -0.1) is 0 Å². The molecule has 6 N–H and O–H groups in total. The van der Waals surface area contributed by atoms with Crippen molar-refractivity contribution >= 4 is 0 Å². The highest BCUT2D eigenvalue weighted by Gasteiger charge is 2.80. The second kappa shape index (κ2) is 9.48. The van der Waals surface area contributed by atoms with Gasteiger partial charge in [0.05, 0.1) is 17.4 Å². The monoisotopic (exact) mass is 605 g/mol. The highest BCUT2D eigenvalue weighted by atomic mass is 16.5. The zero-order valence-corrected chi connectivity index (χ0v) is 27.9. The largest absolute Gasteiger partial charge is 0.396 e. The third-order valence-electron chi connectivity index (χ3n) is 18.1. The molecule has 3 aliphatic heterocycles. The van der Waals surface area contributed by atoms with E-state index in [4.69, 9.17) is 16.2 Å². The minimum atomic E-state index is -0.277. The molecule has 0 aromatic heterocycles. The minimum absolute atomic E-state index is 0.0857. The average molecular weight is 606 g/mol. The number of nitrogens with one attached hydrogen (secondary N) is 1. The lowest BCUT2D eigenvalue weighted by Crippen LogP contribution is -2.85. The van der Waals surface area contributed by atoms with Crippen LogP contribution < -0.4 is 16.8 Å². The van der Waals surface area contributed by atoms with E-state index in [1.807, 2.05) is 0 Å². The van der Waals surface area contributed by atoms with Crippen molar-refractivity contribution in [3.63, 3.8) is 0 Å². The van der Waals surface area contributed by atoms with Crippen molar-refractivity contribution in [1.82, 2.24) is 5.32 Å². The summed E-state index contributed by atoms with van der Waals surface area (Å²) in [4.78, 5) is 0. The molecule has 11 rings (SSSR count). The molecular weight excluding hydrogens is 542 g/mol. The van der Waals surface area contributed by atoms with E-state index in [1.54, 1.807) is 0 Å². The molecule has 0 aromatic carbocycles. The van der Waals surface area contributed by atoms with Gasteiger partial charge in [0.25, 0.3) is 0 Å². The summed E-state index contributed by atoms with van der Waals surface area (Å²) in [5, 5.41) is 14.6. The third-order valence-corrected chi connectivity index (χ3v) is 18.1. The van der Waals surface area contributed by atoms with Crippen LogP contribution in [0.25, 0.3) is 0 Å². The maximum atomic E-state index is 10.8. The number of aliphatic hydroxyl groups is 1. The number of nitrogens with two attached hydrogens (primary N) is 2. The van der Waals surface area contributed by atoms with Crippen LogP contribution in [0.5, 0.6) is 0 Å². The zero-order chi connectivity index (χ0) is 29.8. The molecule has 4 bridgehead atoms. The van der Waals surface area contributed by atoms with Gasteiger partial charge in [-0.3, -0.25) is 0 Å². The Morgan fingerprint density at radius 3 is 2.34 bits per heavy atom. The number of rotatable bonds is 2. The summed E-state index contributed by atoms with van der Waals surface area (Å²) in [7, 11) is 0. The molecule has 3 saturated heterocycles. The van der Waals surface area contributed by atoms with Crippen LogP contribution in [0.1, 0.15) is 117 Å². The molecule has 0 amide bonds. The Balaban J connectivity index is 1.17. The van der Waals surface area contributed by atoms with Crippen molar-refractivity contribution in [2.75, 3.05) is 13.2 Å². The van der Waals surface area contributed by atoms with E-state index in [-0.39, 0.29) is 35.4 Å². The Bertz CT molecular complexity index is 1160. The first-order chi connectivity index (χ1) is 21.2. The van der Waals surface area contributed by atoms with Crippen LogP contribution in [0.15, 0.2) is 0 Å². The SMILES string of the molecule is CC1(C)OC23CC4(N)C(CO)CCC(C14)C2C1CCC2CCCC4C(C5CCC(N)NC5)C5CC6(CCCC6)CC3C5C1C24. The molecule has 17 atom stereocenters. The second-order valence-corrected chi connectivity index (χ2v) is 19.7. The van der Waals surface area contributed by atoms with Crippen molar-refractivity contribution in [2.45, 2.75) is 139 Å². The Hall–Kier alpha value is -0.200. The molecule has 17 unspecified atom stereocenters. The quantitative estimate of drug-likeness (QED) is 0.306. The first kappa shape index (κ1) is 28.8. The number of hydrogen-bond donors (Lipinski definition) is 4. The van der Waals surface area contributed by atoms with Gasteiger partial charge in [0.2, 0.25) is 0 Å². The molecular formula is C39H63N3O2. The van der Waals surface area contributed by atoms with Crippen LogP contribution >= 0.6 is 0 Å². The lowest BCUT2D eigenvalue weighted by molar-refractivity contribution is -0.395. The van der Waals surface area contributed by atoms with Crippen LogP contribution in [0.4, 0.5) is 0 Å². The van der Waals surface area contributed by atoms with Gasteiger partial charge < -0.3 is 26.6 Å². The van der Waals surface area contributed by atoms with Crippen molar-refractivity contribution in [3.8, 4) is 0 Å². The maximum absolute atomic E-state index is 10.8. The van der Waals surface area contributed by atoms with Crippen molar-refractivity contribution in [1.29, 1.82) is 0 Å². The van der Waals surface area contributed by atoms with E-state index in [0.717, 1.165) is 79.1 Å². The number of hydrogen-bond acceptors (Lipinski definition) is 5. The summed E-state index contributed by atoms with van der Waals surface area (Å²) < 4.78 is 7.89. The number of aliphatic hydroxyl groups excluding tert-OH is 1. The fourth-order valence-corrected chi connectivity index (χ4v) is 17.7. The van der Waals surface area contributed by atoms with Gasteiger partial charge in [0.1, 0.15) is 0 Å². The second-order valence-electron chi connectivity index (χ2n) is 19.7. The van der Waals surface area contributed by atoms with Crippen molar-refractivity contribution in [3.05, 3.63) is 0 Å². The molecule has 3 heterocycles. The first-order valence-electron chi connectivity index (χ1n) is 19.8. The lowest BCUT2D eigenvalue weighted by atomic mass is 9.29. The molecule has 8 saturated carbocycles. The van der Waals surface area contributed by atoms with Crippen molar-refractivity contribution < 1.29 is 9.84 Å². The summed E-state index contributed by atoms with van der Waals surface area (Å²) >= 11 is 0. The smallest absolute Gasteiger partial charge is 0.0772 e. The van der Waals surface area contributed by atoms with Crippen LogP contribution in [0, 0.1) is 88.3 Å². The molecule has 11 fully saturated rings. The van der Waals surface area contributed by atoms with Crippen molar-refractivity contribution in [2.24, 2.45) is 99.7 Å². The first-order valence-corrected chi connectivity index (χ1v) is 19.8. The fraction of sp³-hybridized carbons (Fsp3) is 1.00. The van der Waals surface area contributed by atoms with Crippen LogP contribution in [-0.4, -0.2) is 41.2 Å². The molecule has 0 aromatic rings.